The topological polar surface area (TPSA) is 56.2 Å². The predicted octanol–water partition coefficient (Wildman–Crippen LogP) is 4.82. The summed E-state index contributed by atoms with van der Waals surface area (Å²) in [6.45, 7) is 9.78. The molecule has 1 fully saturated rings. The van der Waals surface area contributed by atoms with Crippen molar-refractivity contribution in [3.05, 3.63) is 65.7 Å². The molecule has 0 aliphatic carbocycles. The lowest BCUT2D eigenvalue weighted by Crippen LogP contribution is -2.36. The largest absolute Gasteiger partial charge is 0.508 e. The number of benzene rings is 3. The van der Waals surface area contributed by atoms with Crippen LogP contribution in [0.15, 0.2) is 54.6 Å². The Morgan fingerprint density at radius 1 is 0.970 bits per heavy atom. The molecule has 5 nitrogen and oxygen atoms in total. The highest BCUT2D eigenvalue weighted by Gasteiger charge is 2.21. The minimum absolute atomic E-state index is 0.198. The monoisotopic (exact) mass is 448 g/mol. The quantitative estimate of drug-likeness (QED) is 0.492. The summed E-state index contributed by atoms with van der Waals surface area (Å²) in [6.07, 6.45) is 2.20. The third kappa shape index (κ3) is 5.79. The maximum atomic E-state index is 9.97. The van der Waals surface area contributed by atoms with Crippen LogP contribution in [-0.2, 0) is 6.42 Å². The van der Waals surface area contributed by atoms with E-state index in [1.54, 1.807) is 6.07 Å². The molecule has 0 amide bonds. The fourth-order valence-electron chi connectivity index (χ4n) is 4.70. The molecule has 1 aliphatic heterocycles. The van der Waals surface area contributed by atoms with E-state index in [1.807, 2.05) is 12.1 Å². The van der Waals surface area contributed by atoms with Crippen molar-refractivity contribution in [3.63, 3.8) is 0 Å². The summed E-state index contributed by atoms with van der Waals surface area (Å²) < 4.78 is 5.96. The zero-order valence-electron chi connectivity index (χ0n) is 19.8. The van der Waals surface area contributed by atoms with Gasteiger partial charge in [-0.15, -0.1) is 0 Å². The number of hydrogen-bond donors (Lipinski definition) is 2. The van der Waals surface area contributed by atoms with E-state index < -0.39 is 0 Å². The third-order valence-corrected chi connectivity index (χ3v) is 6.77. The molecule has 0 aromatic heterocycles. The van der Waals surface area contributed by atoms with E-state index in [2.05, 4.69) is 60.0 Å². The Labute approximate surface area is 197 Å². The van der Waals surface area contributed by atoms with Gasteiger partial charge < -0.3 is 24.7 Å². The van der Waals surface area contributed by atoms with Crippen LogP contribution in [0.2, 0.25) is 0 Å². The van der Waals surface area contributed by atoms with Gasteiger partial charge in [0, 0.05) is 31.7 Å². The van der Waals surface area contributed by atoms with Gasteiger partial charge in [-0.3, -0.25) is 0 Å². The van der Waals surface area contributed by atoms with E-state index in [0.717, 1.165) is 68.5 Å². The van der Waals surface area contributed by atoms with Gasteiger partial charge in [0.05, 0.1) is 6.10 Å². The van der Waals surface area contributed by atoms with E-state index in [1.165, 1.54) is 16.8 Å². The lowest BCUT2D eigenvalue weighted by Gasteiger charge is -2.33. The average Bonchev–Trinajstić information content (AvgIpc) is 2.83. The molecular weight excluding hydrogens is 412 g/mol. The third-order valence-electron chi connectivity index (χ3n) is 6.77. The van der Waals surface area contributed by atoms with Gasteiger partial charge in [-0.25, -0.2) is 0 Å². The number of piperidine rings is 1. The minimum Gasteiger partial charge on any atom is -0.508 e. The fraction of sp³-hybridized carbons (Fsp3) is 0.429. The fourth-order valence-corrected chi connectivity index (χ4v) is 4.70. The number of anilines is 1. The highest BCUT2D eigenvalue weighted by atomic mass is 16.5. The van der Waals surface area contributed by atoms with E-state index in [-0.39, 0.29) is 11.9 Å². The van der Waals surface area contributed by atoms with E-state index in [4.69, 9.17) is 4.74 Å². The summed E-state index contributed by atoms with van der Waals surface area (Å²) in [5.74, 6) is 1.19. The first-order valence-corrected chi connectivity index (χ1v) is 12.2. The van der Waals surface area contributed by atoms with Crippen LogP contribution in [0, 0.1) is 0 Å². The Morgan fingerprint density at radius 2 is 1.70 bits per heavy atom. The van der Waals surface area contributed by atoms with Crippen LogP contribution in [-0.4, -0.2) is 60.5 Å². The number of likely N-dealkylation sites (N-methyl/N-ethyl adjacent to an activating group) is 1. The zero-order valence-corrected chi connectivity index (χ0v) is 19.8. The lowest BCUT2D eigenvalue weighted by molar-refractivity contribution is 0.145. The Hall–Kier alpha value is -2.76. The van der Waals surface area contributed by atoms with Crippen molar-refractivity contribution in [2.45, 2.75) is 39.2 Å². The first kappa shape index (κ1) is 23.4. The molecule has 1 aliphatic rings. The second-order valence-corrected chi connectivity index (χ2v) is 8.88. The Kier molecular flexibility index (Phi) is 7.73. The Morgan fingerprint density at radius 3 is 2.39 bits per heavy atom. The molecule has 3 aromatic rings. The number of aliphatic hydroxyl groups is 1. The summed E-state index contributed by atoms with van der Waals surface area (Å²) in [5.41, 5.74) is 3.71. The molecule has 5 heteroatoms. The number of phenolic OH excluding ortho intramolecular Hbond substituents is 1. The SMILES string of the molecule is CCN(CC)CCOc1ccc(Cc2c(N3CCC(O)CC3)ccc3cc(O)ccc23)cc1. The lowest BCUT2D eigenvalue weighted by atomic mass is 9.94. The first-order chi connectivity index (χ1) is 16.1. The molecule has 0 bridgehead atoms. The van der Waals surface area contributed by atoms with Crippen LogP contribution in [0.4, 0.5) is 5.69 Å². The second kappa shape index (κ2) is 10.9. The van der Waals surface area contributed by atoms with Crippen molar-refractivity contribution >= 4 is 16.5 Å². The number of hydrogen-bond acceptors (Lipinski definition) is 5. The standard InChI is InChI=1S/C28H36N2O3/c1-3-29(4-2)17-18-33-25-9-5-21(6-10-25)19-27-26-11-8-24(32)20-22(26)7-12-28(27)30-15-13-23(31)14-16-30/h5-12,20,23,31-32H,3-4,13-19H2,1-2H3. The molecule has 0 atom stereocenters. The number of fused-ring (bicyclic) bond motifs is 1. The van der Waals surface area contributed by atoms with Gasteiger partial charge >= 0.3 is 0 Å². The molecule has 1 saturated heterocycles. The van der Waals surface area contributed by atoms with Gasteiger partial charge in [0.15, 0.2) is 0 Å². The van der Waals surface area contributed by atoms with Crippen LogP contribution in [0.3, 0.4) is 0 Å². The van der Waals surface area contributed by atoms with Gasteiger partial charge in [0.25, 0.3) is 0 Å². The molecule has 176 valence electrons. The summed E-state index contributed by atoms with van der Waals surface area (Å²) in [7, 11) is 0. The molecule has 0 radical (unpaired) electrons. The van der Waals surface area contributed by atoms with Crippen LogP contribution in [0.5, 0.6) is 11.5 Å². The zero-order chi connectivity index (χ0) is 23.2. The molecule has 2 N–H and O–H groups in total. The molecule has 33 heavy (non-hydrogen) atoms. The van der Waals surface area contributed by atoms with Gasteiger partial charge in [0.1, 0.15) is 18.1 Å². The summed E-state index contributed by atoms with van der Waals surface area (Å²) in [4.78, 5) is 4.74. The maximum absolute atomic E-state index is 9.97. The van der Waals surface area contributed by atoms with Crippen LogP contribution in [0.25, 0.3) is 10.8 Å². The van der Waals surface area contributed by atoms with Crippen molar-refractivity contribution in [2.24, 2.45) is 0 Å². The second-order valence-electron chi connectivity index (χ2n) is 8.88. The van der Waals surface area contributed by atoms with Gasteiger partial charge in [0.2, 0.25) is 0 Å². The van der Waals surface area contributed by atoms with Crippen molar-refractivity contribution < 1.29 is 14.9 Å². The Balaban J connectivity index is 1.55. The molecule has 0 saturated carbocycles. The molecule has 1 heterocycles. The number of ether oxygens (including phenoxy) is 1. The predicted molar refractivity (Wildman–Crippen MR) is 136 cm³/mol. The Bertz CT molecular complexity index is 1040. The number of aliphatic hydroxyl groups excluding tert-OH is 1. The highest BCUT2D eigenvalue weighted by Crippen LogP contribution is 2.34. The molecule has 4 rings (SSSR count). The molecule has 3 aromatic carbocycles. The number of phenols is 1. The number of aromatic hydroxyl groups is 1. The van der Waals surface area contributed by atoms with E-state index in [9.17, 15) is 10.2 Å². The maximum Gasteiger partial charge on any atom is 0.119 e. The first-order valence-electron chi connectivity index (χ1n) is 12.2. The average molecular weight is 449 g/mol. The molecule has 0 unspecified atom stereocenters. The van der Waals surface area contributed by atoms with E-state index >= 15 is 0 Å². The van der Waals surface area contributed by atoms with Crippen molar-refractivity contribution in [2.75, 3.05) is 44.2 Å². The van der Waals surface area contributed by atoms with E-state index in [0.29, 0.717) is 6.61 Å². The number of nitrogens with zero attached hydrogens (tertiary/aromatic N) is 2. The summed E-state index contributed by atoms with van der Waals surface area (Å²) >= 11 is 0. The van der Waals surface area contributed by atoms with Crippen LogP contribution >= 0.6 is 0 Å². The minimum atomic E-state index is -0.198. The van der Waals surface area contributed by atoms with Crippen molar-refractivity contribution in [3.8, 4) is 11.5 Å². The van der Waals surface area contributed by atoms with Crippen molar-refractivity contribution in [1.82, 2.24) is 4.90 Å². The summed E-state index contributed by atoms with van der Waals surface area (Å²) in [6, 6.07) is 18.3. The summed E-state index contributed by atoms with van der Waals surface area (Å²) in [5, 5.41) is 22.1. The molecule has 0 spiro atoms. The molecular formula is C28H36N2O3. The number of rotatable bonds is 9. The smallest absolute Gasteiger partial charge is 0.119 e. The highest BCUT2D eigenvalue weighted by molar-refractivity contribution is 5.91. The van der Waals surface area contributed by atoms with Gasteiger partial charge in [-0.2, -0.15) is 0 Å². The van der Waals surface area contributed by atoms with Crippen LogP contribution < -0.4 is 9.64 Å². The normalized spacial score (nSPS) is 14.8. The van der Waals surface area contributed by atoms with Crippen molar-refractivity contribution in [1.29, 1.82) is 0 Å². The van der Waals surface area contributed by atoms with Gasteiger partial charge in [-0.1, -0.05) is 38.1 Å². The van der Waals surface area contributed by atoms with Crippen LogP contribution in [0.1, 0.15) is 37.8 Å². The van der Waals surface area contributed by atoms with Gasteiger partial charge in [-0.05, 0) is 78.2 Å².